The summed E-state index contributed by atoms with van der Waals surface area (Å²) in [4.78, 5) is 31.1. The molecule has 0 aromatic heterocycles. The van der Waals surface area contributed by atoms with Gasteiger partial charge >= 0.3 is 0 Å². The molecule has 1 saturated heterocycles. The Morgan fingerprint density at radius 1 is 1.18 bits per heavy atom. The summed E-state index contributed by atoms with van der Waals surface area (Å²) in [6.07, 6.45) is 0.0975. The van der Waals surface area contributed by atoms with Crippen LogP contribution < -0.4 is 5.32 Å². The van der Waals surface area contributed by atoms with E-state index in [9.17, 15) is 9.59 Å². The number of rotatable bonds is 4. The molecule has 1 fully saturated rings. The van der Waals surface area contributed by atoms with Crippen molar-refractivity contribution >= 4 is 51.7 Å². The average Bonchev–Trinajstić information content (AvgIpc) is 2.88. The topological polar surface area (TPSA) is 61.8 Å². The summed E-state index contributed by atoms with van der Waals surface area (Å²) in [7, 11) is 1.68. The predicted octanol–water partition coefficient (Wildman–Crippen LogP) is 4.86. The average molecular weight is 416 g/mol. The highest BCUT2D eigenvalue weighted by Crippen LogP contribution is 2.31. The van der Waals surface area contributed by atoms with Gasteiger partial charge in [-0.1, -0.05) is 41.1 Å². The van der Waals surface area contributed by atoms with Gasteiger partial charge in [0.25, 0.3) is 0 Å². The number of amides is 2. The van der Waals surface area contributed by atoms with Crippen molar-refractivity contribution in [3.05, 3.63) is 58.1 Å². The number of hydrogen-bond donors (Lipinski definition) is 1. The molecule has 0 saturated carbocycles. The molecule has 146 valence electrons. The third kappa shape index (κ3) is 4.56. The maximum absolute atomic E-state index is 12.6. The number of aryl methyl sites for hydroxylation is 3. The normalized spacial score (nSPS) is 18.0. The van der Waals surface area contributed by atoms with Gasteiger partial charge in [0.05, 0.1) is 5.69 Å². The first-order valence-corrected chi connectivity index (χ1v) is 10.2. The standard InChI is InChI=1S/C21H22ClN3O2S/c1-12-9-13(2)19(14(3)10-12)24-18(26)11-17-20(27)25(4)21(28-17)23-16-7-5-15(22)6-8-16/h5-10,17H,11H2,1-4H3,(H,24,26)/t17-/m0/s1. The molecular formula is C21H22ClN3O2S. The van der Waals surface area contributed by atoms with E-state index in [0.29, 0.717) is 15.9 Å². The molecule has 7 heteroatoms. The van der Waals surface area contributed by atoms with Crippen molar-refractivity contribution in [2.45, 2.75) is 32.4 Å². The van der Waals surface area contributed by atoms with Crippen LogP contribution in [0.25, 0.3) is 0 Å². The van der Waals surface area contributed by atoms with Crippen LogP contribution in [0, 0.1) is 20.8 Å². The third-order valence-corrected chi connectivity index (χ3v) is 5.98. The lowest BCUT2D eigenvalue weighted by Gasteiger charge is -2.14. The van der Waals surface area contributed by atoms with Crippen LogP contribution in [0.1, 0.15) is 23.1 Å². The summed E-state index contributed by atoms with van der Waals surface area (Å²) in [5, 5.41) is 3.68. The fraction of sp³-hybridized carbons (Fsp3) is 0.286. The minimum Gasteiger partial charge on any atom is -0.326 e. The van der Waals surface area contributed by atoms with Crippen LogP contribution in [0.4, 0.5) is 11.4 Å². The summed E-state index contributed by atoms with van der Waals surface area (Å²) in [6, 6.07) is 11.1. The molecule has 1 heterocycles. The van der Waals surface area contributed by atoms with E-state index in [4.69, 9.17) is 11.6 Å². The van der Waals surface area contributed by atoms with E-state index in [0.717, 1.165) is 22.4 Å². The van der Waals surface area contributed by atoms with E-state index in [1.807, 2.05) is 32.9 Å². The molecule has 0 radical (unpaired) electrons. The van der Waals surface area contributed by atoms with Gasteiger partial charge in [-0.05, 0) is 56.2 Å². The molecule has 1 atom stereocenters. The molecule has 3 rings (SSSR count). The van der Waals surface area contributed by atoms with Crippen LogP contribution in [0.15, 0.2) is 41.4 Å². The van der Waals surface area contributed by atoms with Crippen molar-refractivity contribution in [2.75, 3.05) is 12.4 Å². The monoisotopic (exact) mass is 415 g/mol. The molecule has 2 aromatic carbocycles. The number of carbonyl (C=O) groups is 2. The van der Waals surface area contributed by atoms with E-state index < -0.39 is 5.25 Å². The zero-order valence-corrected chi connectivity index (χ0v) is 17.8. The molecule has 28 heavy (non-hydrogen) atoms. The Balaban J connectivity index is 1.70. The number of nitrogens with zero attached hydrogens (tertiary/aromatic N) is 2. The van der Waals surface area contributed by atoms with Crippen molar-refractivity contribution in [1.29, 1.82) is 0 Å². The minimum atomic E-state index is -0.484. The van der Waals surface area contributed by atoms with Gasteiger partial charge in [-0.2, -0.15) is 0 Å². The first-order chi connectivity index (χ1) is 13.2. The lowest BCUT2D eigenvalue weighted by atomic mass is 10.0. The van der Waals surface area contributed by atoms with E-state index >= 15 is 0 Å². The van der Waals surface area contributed by atoms with Gasteiger partial charge in [0.2, 0.25) is 11.8 Å². The van der Waals surface area contributed by atoms with Gasteiger partial charge in [0.1, 0.15) is 5.25 Å². The second-order valence-corrected chi connectivity index (χ2v) is 8.51. The molecule has 0 aliphatic carbocycles. The van der Waals surface area contributed by atoms with Crippen LogP contribution in [0.5, 0.6) is 0 Å². The van der Waals surface area contributed by atoms with Gasteiger partial charge < -0.3 is 5.32 Å². The van der Waals surface area contributed by atoms with Crippen molar-refractivity contribution in [3.8, 4) is 0 Å². The molecule has 2 amide bonds. The molecule has 0 unspecified atom stereocenters. The van der Waals surface area contributed by atoms with Gasteiger partial charge in [-0.25, -0.2) is 4.99 Å². The zero-order chi connectivity index (χ0) is 20.4. The smallest absolute Gasteiger partial charge is 0.242 e. The van der Waals surface area contributed by atoms with Crippen molar-refractivity contribution < 1.29 is 9.59 Å². The number of amidine groups is 1. The van der Waals surface area contributed by atoms with Crippen molar-refractivity contribution in [1.82, 2.24) is 4.90 Å². The predicted molar refractivity (Wildman–Crippen MR) is 117 cm³/mol. The van der Waals surface area contributed by atoms with Crippen molar-refractivity contribution in [2.24, 2.45) is 4.99 Å². The largest absolute Gasteiger partial charge is 0.326 e. The number of thioether (sulfide) groups is 1. The number of carbonyl (C=O) groups excluding carboxylic acids is 2. The fourth-order valence-corrected chi connectivity index (χ4v) is 4.44. The zero-order valence-electron chi connectivity index (χ0n) is 16.2. The molecule has 2 aromatic rings. The summed E-state index contributed by atoms with van der Waals surface area (Å²) < 4.78 is 0. The number of benzene rings is 2. The van der Waals surface area contributed by atoms with Crippen LogP contribution in [0.3, 0.4) is 0 Å². The highest BCUT2D eigenvalue weighted by atomic mass is 35.5. The summed E-state index contributed by atoms with van der Waals surface area (Å²) in [5.41, 5.74) is 4.70. The number of nitrogens with one attached hydrogen (secondary N) is 1. The number of anilines is 1. The first kappa shape index (κ1) is 20.4. The Morgan fingerprint density at radius 3 is 2.39 bits per heavy atom. The fourth-order valence-electron chi connectivity index (χ4n) is 3.16. The Hall–Kier alpha value is -2.31. The second-order valence-electron chi connectivity index (χ2n) is 6.90. The number of halogens is 1. The number of aliphatic imine (C=N–C) groups is 1. The highest BCUT2D eigenvalue weighted by Gasteiger charge is 2.37. The van der Waals surface area contributed by atoms with Crippen LogP contribution in [0.2, 0.25) is 5.02 Å². The highest BCUT2D eigenvalue weighted by molar-refractivity contribution is 8.15. The first-order valence-electron chi connectivity index (χ1n) is 8.91. The quantitative estimate of drug-likeness (QED) is 0.775. The van der Waals surface area contributed by atoms with E-state index in [1.165, 1.54) is 16.7 Å². The SMILES string of the molecule is Cc1cc(C)c(NC(=O)C[C@@H]2SC(=Nc3ccc(Cl)cc3)N(C)C2=O)c(C)c1. The lowest BCUT2D eigenvalue weighted by molar-refractivity contribution is -0.127. The Bertz CT molecular complexity index is 934. The van der Waals surface area contributed by atoms with Gasteiger partial charge in [0, 0.05) is 24.2 Å². The van der Waals surface area contributed by atoms with Crippen molar-refractivity contribution in [3.63, 3.8) is 0 Å². The minimum absolute atomic E-state index is 0.0975. The van der Waals surface area contributed by atoms with Gasteiger partial charge in [0.15, 0.2) is 5.17 Å². The van der Waals surface area contributed by atoms with E-state index in [2.05, 4.69) is 10.3 Å². The van der Waals surface area contributed by atoms with Crippen LogP contribution in [-0.2, 0) is 9.59 Å². The summed E-state index contributed by atoms with van der Waals surface area (Å²) >= 11 is 7.20. The molecule has 1 N–H and O–H groups in total. The van der Waals surface area contributed by atoms with E-state index in [-0.39, 0.29) is 18.2 Å². The lowest BCUT2D eigenvalue weighted by Crippen LogP contribution is -2.30. The molecule has 1 aliphatic rings. The Morgan fingerprint density at radius 2 is 1.79 bits per heavy atom. The van der Waals surface area contributed by atoms with Crippen LogP contribution in [-0.4, -0.2) is 34.2 Å². The molecular weight excluding hydrogens is 394 g/mol. The Kier molecular flexibility index (Phi) is 6.10. The summed E-state index contributed by atoms with van der Waals surface area (Å²) in [6.45, 7) is 5.96. The molecule has 0 spiro atoms. The van der Waals surface area contributed by atoms with E-state index in [1.54, 1.807) is 31.3 Å². The molecule has 1 aliphatic heterocycles. The summed E-state index contributed by atoms with van der Waals surface area (Å²) in [5.74, 6) is -0.299. The maximum atomic E-state index is 12.6. The molecule has 0 bridgehead atoms. The van der Waals surface area contributed by atoms with Crippen LogP contribution >= 0.6 is 23.4 Å². The second kappa shape index (κ2) is 8.37. The Labute approximate surface area is 174 Å². The number of hydrogen-bond acceptors (Lipinski definition) is 4. The maximum Gasteiger partial charge on any atom is 0.242 e. The molecule has 5 nitrogen and oxygen atoms in total. The van der Waals surface area contributed by atoms with Gasteiger partial charge in [-0.3, -0.25) is 14.5 Å². The van der Waals surface area contributed by atoms with Gasteiger partial charge in [-0.15, -0.1) is 0 Å². The third-order valence-electron chi connectivity index (χ3n) is 4.50.